The molecule has 0 atom stereocenters. The number of nitrogens with zero attached hydrogens (tertiary/aromatic N) is 4. The smallest absolute Gasteiger partial charge is 0.150 e. The normalized spacial score (nSPS) is 19.2. The highest BCUT2D eigenvalue weighted by atomic mass is 32.1. The molecule has 7 nitrogen and oxygen atoms in total. The molecule has 0 aliphatic carbocycles. The number of hydrogen-bond acceptors (Lipinski definition) is 7. The van der Waals surface area contributed by atoms with Crippen LogP contribution in [-0.2, 0) is 24.2 Å². The number of thiophene rings is 1. The molecule has 2 aliphatic heterocycles. The first-order valence-electron chi connectivity index (χ1n) is 11.8. The van der Waals surface area contributed by atoms with E-state index < -0.39 is 0 Å². The summed E-state index contributed by atoms with van der Waals surface area (Å²) in [7, 11) is 0. The van der Waals surface area contributed by atoms with E-state index in [-0.39, 0.29) is 12.2 Å². The van der Waals surface area contributed by atoms with Crippen molar-refractivity contribution in [3.63, 3.8) is 0 Å². The number of nitrogens with one attached hydrogen (secondary N) is 1. The third-order valence-electron chi connectivity index (χ3n) is 6.73. The van der Waals surface area contributed by atoms with Crippen LogP contribution in [0.3, 0.4) is 0 Å². The number of anilines is 1. The molecule has 0 spiro atoms. The predicted octanol–water partition coefficient (Wildman–Crippen LogP) is 1.99. The summed E-state index contributed by atoms with van der Waals surface area (Å²) in [5, 5.41) is 10.5. The van der Waals surface area contributed by atoms with E-state index in [2.05, 4.69) is 32.6 Å². The number of ether oxygens (including phenoxy) is 1. The minimum Gasteiger partial charge on any atom is -0.391 e. The Labute approximate surface area is 193 Å². The summed E-state index contributed by atoms with van der Waals surface area (Å²) < 4.78 is 7.35. The van der Waals surface area contributed by atoms with Crippen LogP contribution in [0.25, 0.3) is 20.4 Å². The third kappa shape index (κ3) is 3.98. The van der Waals surface area contributed by atoms with Crippen LogP contribution in [0.1, 0.15) is 44.5 Å². The Bertz CT molecular complexity index is 1130. The van der Waals surface area contributed by atoms with Crippen molar-refractivity contribution in [1.29, 1.82) is 0 Å². The highest BCUT2D eigenvalue weighted by Gasteiger charge is 2.32. The SMILES string of the molecule is CC(C)Cc1nc2sc3c(N4CC[NH+](CCO)CC4)ncnc3c2c2c1COC(C)(C)C2. The minimum atomic E-state index is -0.188. The molecule has 0 radical (unpaired) electrons. The van der Waals surface area contributed by atoms with Crippen LogP contribution < -0.4 is 9.80 Å². The molecule has 3 aromatic rings. The molecule has 1 saturated heterocycles. The molecule has 0 amide bonds. The monoisotopic (exact) mass is 456 g/mol. The molecule has 32 heavy (non-hydrogen) atoms. The van der Waals surface area contributed by atoms with Gasteiger partial charge in [0.05, 0.1) is 55.2 Å². The molecule has 172 valence electrons. The van der Waals surface area contributed by atoms with E-state index >= 15 is 0 Å². The number of hydrogen-bond donors (Lipinski definition) is 2. The molecule has 3 aromatic heterocycles. The largest absolute Gasteiger partial charge is 0.391 e. The summed E-state index contributed by atoms with van der Waals surface area (Å²) in [6, 6.07) is 0. The Morgan fingerprint density at radius 1 is 1.22 bits per heavy atom. The Balaban J connectivity index is 1.63. The maximum atomic E-state index is 9.26. The van der Waals surface area contributed by atoms with Gasteiger partial charge in [-0.15, -0.1) is 11.3 Å². The zero-order valence-electron chi connectivity index (χ0n) is 19.6. The summed E-state index contributed by atoms with van der Waals surface area (Å²) in [6.07, 6.45) is 3.56. The summed E-state index contributed by atoms with van der Waals surface area (Å²) in [6.45, 7) is 14.5. The van der Waals surface area contributed by atoms with Crippen LogP contribution >= 0.6 is 11.3 Å². The van der Waals surface area contributed by atoms with Gasteiger partial charge in [0.1, 0.15) is 17.7 Å². The average molecular weight is 457 g/mol. The van der Waals surface area contributed by atoms with Crippen LogP contribution in [0.5, 0.6) is 0 Å². The van der Waals surface area contributed by atoms with Gasteiger partial charge in [0, 0.05) is 23.1 Å². The average Bonchev–Trinajstić information content (AvgIpc) is 3.12. The second-order valence-corrected chi connectivity index (χ2v) is 11.2. The van der Waals surface area contributed by atoms with E-state index in [0.29, 0.717) is 12.5 Å². The van der Waals surface area contributed by atoms with Gasteiger partial charge in [-0.2, -0.15) is 0 Å². The number of fused-ring (bicyclic) bond motifs is 5. The van der Waals surface area contributed by atoms with Crippen molar-refractivity contribution in [2.24, 2.45) is 5.92 Å². The predicted molar refractivity (Wildman–Crippen MR) is 129 cm³/mol. The molecule has 0 aromatic carbocycles. The van der Waals surface area contributed by atoms with E-state index in [1.807, 2.05) is 0 Å². The van der Waals surface area contributed by atoms with Gasteiger partial charge in [0.2, 0.25) is 0 Å². The van der Waals surface area contributed by atoms with Crippen LogP contribution in [0.15, 0.2) is 6.33 Å². The first kappa shape index (κ1) is 21.9. The maximum Gasteiger partial charge on any atom is 0.150 e. The Kier molecular flexibility index (Phi) is 5.82. The van der Waals surface area contributed by atoms with Gasteiger partial charge < -0.3 is 19.6 Å². The van der Waals surface area contributed by atoms with Crippen LogP contribution in [0.2, 0.25) is 0 Å². The van der Waals surface area contributed by atoms with Crippen LogP contribution in [0.4, 0.5) is 5.82 Å². The lowest BCUT2D eigenvalue weighted by Gasteiger charge is -2.33. The standard InChI is InChI=1S/C24H33N5O2S/c1-15(2)11-18-17-13-31-24(3,4)12-16(17)19-20-21(32-23(19)27-18)22(26-14-25-20)29-7-5-28(6-8-29)9-10-30/h14-15,30H,5-13H2,1-4H3/p+1. The third-order valence-corrected chi connectivity index (χ3v) is 7.80. The fraction of sp³-hybridized carbons (Fsp3) is 0.625. The van der Waals surface area contributed by atoms with E-state index in [4.69, 9.17) is 19.7 Å². The lowest BCUT2D eigenvalue weighted by Crippen LogP contribution is -3.15. The minimum absolute atomic E-state index is 0.188. The number of aliphatic hydroxyl groups is 1. The first-order chi connectivity index (χ1) is 15.4. The lowest BCUT2D eigenvalue weighted by atomic mass is 9.88. The van der Waals surface area contributed by atoms with Crippen LogP contribution in [-0.4, -0.2) is 65.0 Å². The van der Waals surface area contributed by atoms with Crippen molar-refractivity contribution in [1.82, 2.24) is 15.0 Å². The molecular weight excluding hydrogens is 422 g/mol. The fourth-order valence-electron chi connectivity index (χ4n) is 5.08. The van der Waals surface area contributed by atoms with Crippen molar-refractivity contribution in [3.05, 3.63) is 23.1 Å². The number of piperazine rings is 1. The zero-order valence-corrected chi connectivity index (χ0v) is 20.4. The summed E-state index contributed by atoms with van der Waals surface area (Å²) >= 11 is 1.74. The van der Waals surface area contributed by atoms with Crippen molar-refractivity contribution >= 4 is 37.6 Å². The topological polar surface area (TPSA) is 75.8 Å². The number of rotatable bonds is 5. The highest BCUT2D eigenvalue weighted by molar-refractivity contribution is 7.26. The van der Waals surface area contributed by atoms with Crippen molar-refractivity contribution in [2.75, 3.05) is 44.2 Å². The summed E-state index contributed by atoms with van der Waals surface area (Å²) in [5.74, 6) is 1.58. The molecule has 2 aliphatic rings. The molecule has 1 fully saturated rings. The second kappa shape index (κ2) is 8.48. The molecule has 0 saturated carbocycles. The molecule has 0 unspecified atom stereocenters. The van der Waals surface area contributed by atoms with Gasteiger partial charge in [0.25, 0.3) is 0 Å². The number of quaternary nitrogens is 1. The molecule has 5 rings (SSSR count). The van der Waals surface area contributed by atoms with E-state index in [0.717, 1.165) is 66.4 Å². The van der Waals surface area contributed by atoms with Gasteiger partial charge in [0.15, 0.2) is 5.82 Å². The second-order valence-electron chi connectivity index (χ2n) is 10.2. The van der Waals surface area contributed by atoms with Gasteiger partial charge in [-0.25, -0.2) is 15.0 Å². The van der Waals surface area contributed by atoms with Crippen molar-refractivity contribution in [3.8, 4) is 0 Å². The lowest BCUT2D eigenvalue weighted by molar-refractivity contribution is -0.900. The molecule has 2 N–H and O–H groups in total. The summed E-state index contributed by atoms with van der Waals surface area (Å²) in [4.78, 5) is 19.6. The molecular formula is C24H34N5O2S+. The Hall–Kier alpha value is -1.87. The fourth-order valence-corrected chi connectivity index (χ4v) is 6.28. The number of pyridine rings is 1. The maximum absolute atomic E-state index is 9.26. The number of aliphatic hydroxyl groups excluding tert-OH is 1. The van der Waals surface area contributed by atoms with Crippen molar-refractivity contribution in [2.45, 2.75) is 52.7 Å². The van der Waals surface area contributed by atoms with Gasteiger partial charge in [-0.1, -0.05) is 13.8 Å². The highest BCUT2D eigenvalue weighted by Crippen LogP contribution is 2.43. The quantitative estimate of drug-likeness (QED) is 0.612. The van der Waals surface area contributed by atoms with Crippen LogP contribution in [0, 0.1) is 5.92 Å². The van der Waals surface area contributed by atoms with E-state index in [1.54, 1.807) is 17.7 Å². The number of aromatic nitrogens is 3. The molecule has 5 heterocycles. The van der Waals surface area contributed by atoms with E-state index in [9.17, 15) is 5.11 Å². The Morgan fingerprint density at radius 3 is 2.72 bits per heavy atom. The van der Waals surface area contributed by atoms with Gasteiger partial charge >= 0.3 is 0 Å². The van der Waals surface area contributed by atoms with Gasteiger partial charge in [-0.05, 0) is 31.7 Å². The zero-order chi connectivity index (χ0) is 22.5. The van der Waals surface area contributed by atoms with Crippen molar-refractivity contribution < 1.29 is 14.7 Å². The Morgan fingerprint density at radius 2 is 2.00 bits per heavy atom. The van der Waals surface area contributed by atoms with Gasteiger partial charge in [-0.3, -0.25) is 0 Å². The van der Waals surface area contributed by atoms with E-state index in [1.165, 1.54) is 27.1 Å². The molecule has 8 heteroatoms. The molecule has 0 bridgehead atoms. The summed E-state index contributed by atoms with van der Waals surface area (Å²) in [5.41, 5.74) is 4.67. The first-order valence-corrected chi connectivity index (χ1v) is 12.6.